The molecule has 7 heteroatoms. The van der Waals surface area contributed by atoms with Crippen LogP contribution in [0.4, 0.5) is 8.78 Å². The summed E-state index contributed by atoms with van der Waals surface area (Å²) in [5.41, 5.74) is 0.673. The van der Waals surface area contributed by atoms with Crippen molar-refractivity contribution < 1.29 is 23.0 Å². The third kappa shape index (κ3) is 2.82. The maximum atomic E-state index is 12.9. The molecule has 1 aliphatic heterocycles. The molecule has 0 saturated heterocycles. The zero-order valence-electron chi connectivity index (χ0n) is 9.98. The summed E-state index contributed by atoms with van der Waals surface area (Å²) in [5, 5.41) is 0. The molecule has 0 unspecified atom stereocenters. The fourth-order valence-corrected chi connectivity index (χ4v) is 2.04. The van der Waals surface area contributed by atoms with Crippen molar-refractivity contribution in [3.05, 3.63) is 46.6 Å². The Bertz CT molecular complexity index is 651. The molecule has 3 rings (SSSR count). The normalized spacial score (nSPS) is 15.2. The molecule has 2 aromatic rings. The second kappa shape index (κ2) is 4.90. The zero-order chi connectivity index (χ0) is 14.2. The van der Waals surface area contributed by atoms with Gasteiger partial charge < -0.3 is 14.2 Å². The smallest absolute Gasteiger partial charge is 0.473 e. The Hall–Kier alpha value is -1.89. The number of pyridine rings is 1. The van der Waals surface area contributed by atoms with Crippen LogP contribution in [0.2, 0.25) is 0 Å². The lowest BCUT2D eigenvalue weighted by atomic mass is 10.2. The largest absolute Gasteiger partial charge is 0.586 e. The van der Waals surface area contributed by atoms with E-state index in [4.69, 9.17) is 4.74 Å². The first kappa shape index (κ1) is 13.1. The van der Waals surface area contributed by atoms with Crippen LogP contribution < -0.4 is 14.2 Å². The van der Waals surface area contributed by atoms with Gasteiger partial charge >= 0.3 is 6.29 Å². The van der Waals surface area contributed by atoms with E-state index in [1.165, 1.54) is 12.1 Å². The Kier molecular flexibility index (Phi) is 3.21. The van der Waals surface area contributed by atoms with E-state index in [1.807, 2.05) is 0 Å². The molecule has 2 heterocycles. The third-order valence-corrected chi connectivity index (χ3v) is 2.98. The van der Waals surface area contributed by atoms with E-state index in [-0.39, 0.29) is 18.1 Å². The van der Waals surface area contributed by atoms with Gasteiger partial charge in [0.15, 0.2) is 11.5 Å². The lowest BCUT2D eigenvalue weighted by molar-refractivity contribution is -0.286. The second-order valence-electron chi connectivity index (χ2n) is 4.04. The number of fused-ring (bicyclic) bond motifs is 1. The highest BCUT2D eigenvalue weighted by Crippen LogP contribution is 2.41. The first-order valence-corrected chi connectivity index (χ1v) is 6.45. The number of benzene rings is 1. The molecule has 0 amide bonds. The van der Waals surface area contributed by atoms with Gasteiger partial charge in [0.1, 0.15) is 11.2 Å². The van der Waals surface area contributed by atoms with Crippen molar-refractivity contribution in [3.63, 3.8) is 0 Å². The number of alkyl halides is 2. The van der Waals surface area contributed by atoms with Crippen LogP contribution in [0.25, 0.3) is 0 Å². The van der Waals surface area contributed by atoms with Crippen LogP contribution in [0.1, 0.15) is 5.56 Å². The topological polar surface area (TPSA) is 40.6 Å². The van der Waals surface area contributed by atoms with Crippen molar-refractivity contribution >= 4 is 15.9 Å². The van der Waals surface area contributed by atoms with Crippen LogP contribution in [0.5, 0.6) is 17.4 Å². The van der Waals surface area contributed by atoms with Gasteiger partial charge in [-0.2, -0.15) is 0 Å². The van der Waals surface area contributed by atoms with Gasteiger partial charge in [0.05, 0.1) is 0 Å². The molecule has 1 aromatic carbocycles. The molecule has 20 heavy (non-hydrogen) atoms. The molecule has 0 bridgehead atoms. The van der Waals surface area contributed by atoms with E-state index >= 15 is 0 Å². The molecular weight excluding hydrogens is 336 g/mol. The fraction of sp³-hybridized carbons (Fsp3) is 0.154. The average molecular weight is 344 g/mol. The summed E-state index contributed by atoms with van der Waals surface area (Å²) in [6.45, 7) is 0.186. The minimum Gasteiger partial charge on any atom is -0.473 e. The van der Waals surface area contributed by atoms with Crippen molar-refractivity contribution in [2.45, 2.75) is 12.9 Å². The van der Waals surface area contributed by atoms with Crippen LogP contribution in [-0.4, -0.2) is 11.3 Å². The summed E-state index contributed by atoms with van der Waals surface area (Å²) in [6.07, 6.45) is -3.60. The molecule has 0 N–H and O–H groups in total. The maximum absolute atomic E-state index is 12.9. The first-order valence-electron chi connectivity index (χ1n) is 5.66. The molecule has 1 aliphatic rings. The van der Waals surface area contributed by atoms with E-state index < -0.39 is 6.29 Å². The number of hydrogen-bond donors (Lipinski definition) is 0. The quantitative estimate of drug-likeness (QED) is 0.796. The lowest BCUT2D eigenvalue weighted by Crippen LogP contribution is -2.25. The number of hydrogen-bond acceptors (Lipinski definition) is 4. The first-order chi connectivity index (χ1) is 9.52. The number of ether oxygens (including phenoxy) is 3. The Morgan fingerprint density at radius 1 is 1.15 bits per heavy atom. The molecule has 1 aromatic heterocycles. The Labute approximate surface area is 121 Å². The summed E-state index contributed by atoms with van der Waals surface area (Å²) in [7, 11) is 0. The summed E-state index contributed by atoms with van der Waals surface area (Å²) >= 11 is 3.23. The van der Waals surface area contributed by atoms with Gasteiger partial charge in [-0.05, 0) is 39.7 Å². The molecular formula is C13H8BrF2NO3. The minimum atomic E-state index is -3.60. The summed E-state index contributed by atoms with van der Waals surface area (Å²) in [4.78, 5) is 4.10. The monoisotopic (exact) mass is 343 g/mol. The lowest BCUT2D eigenvalue weighted by Gasteiger charge is -2.06. The van der Waals surface area contributed by atoms with E-state index in [2.05, 4.69) is 30.4 Å². The van der Waals surface area contributed by atoms with Gasteiger partial charge in [-0.25, -0.2) is 4.98 Å². The molecule has 0 saturated carbocycles. The number of aromatic nitrogens is 1. The van der Waals surface area contributed by atoms with Crippen molar-refractivity contribution in [1.82, 2.24) is 4.98 Å². The molecule has 0 atom stereocenters. The molecule has 0 aliphatic carbocycles. The van der Waals surface area contributed by atoms with E-state index in [0.29, 0.717) is 16.0 Å². The highest BCUT2D eigenvalue weighted by atomic mass is 79.9. The molecule has 0 spiro atoms. The van der Waals surface area contributed by atoms with Gasteiger partial charge in [-0.3, -0.25) is 0 Å². The van der Waals surface area contributed by atoms with Crippen LogP contribution >= 0.6 is 15.9 Å². The van der Waals surface area contributed by atoms with Gasteiger partial charge in [0.2, 0.25) is 5.88 Å². The standard InChI is InChI=1S/C13H8BrF2NO3/c14-11-2-1-3-12(17-11)18-7-8-4-5-9-10(6-8)20-13(15,16)19-9/h1-6H,7H2. The zero-order valence-corrected chi connectivity index (χ0v) is 11.6. The minimum absolute atomic E-state index is 0.00157. The highest BCUT2D eigenvalue weighted by Gasteiger charge is 2.43. The molecule has 0 radical (unpaired) electrons. The predicted octanol–water partition coefficient (Wildman–Crippen LogP) is 3.74. The highest BCUT2D eigenvalue weighted by molar-refractivity contribution is 9.10. The van der Waals surface area contributed by atoms with Crippen LogP contribution in [0, 0.1) is 0 Å². The number of halogens is 3. The fourth-order valence-electron chi connectivity index (χ4n) is 1.71. The third-order valence-electron chi connectivity index (χ3n) is 2.54. The van der Waals surface area contributed by atoms with Gasteiger partial charge in [0.25, 0.3) is 0 Å². The van der Waals surface area contributed by atoms with Crippen molar-refractivity contribution in [1.29, 1.82) is 0 Å². The summed E-state index contributed by atoms with van der Waals surface area (Å²) in [6, 6.07) is 9.76. The summed E-state index contributed by atoms with van der Waals surface area (Å²) in [5.74, 6) is 0.444. The number of rotatable bonds is 3. The Morgan fingerprint density at radius 2 is 1.95 bits per heavy atom. The van der Waals surface area contributed by atoms with E-state index in [1.54, 1.807) is 24.3 Å². The predicted molar refractivity (Wildman–Crippen MR) is 68.9 cm³/mol. The number of nitrogens with zero attached hydrogens (tertiary/aromatic N) is 1. The van der Waals surface area contributed by atoms with Crippen LogP contribution in [-0.2, 0) is 6.61 Å². The van der Waals surface area contributed by atoms with Gasteiger partial charge in [-0.15, -0.1) is 8.78 Å². The molecule has 104 valence electrons. The second-order valence-corrected chi connectivity index (χ2v) is 4.85. The Morgan fingerprint density at radius 3 is 2.75 bits per heavy atom. The van der Waals surface area contributed by atoms with E-state index in [9.17, 15) is 8.78 Å². The Balaban J connectivity index is 1.71. The van der Waals surface area contributed by atoms with Crippen molar-refractivity contribution in [2.75, 3.05) is 0 Å². The average Bonchev–Trinajstić information content (AvgIpc) is 2.69. The molecule has 4 nitrogen and oxygen atoms in total. The van der Waals surface area contributed by atoms with Crippen molar-refractivity contribution in [3.8, 4) is 17.4 Å². The SMILES string of the molecule is FC1(F)Oc2ccc(COc3cccc(Br)n3)cc2O1. The molecule has 0 fully saturated rings. The maximum Gasteiger partial charge on any atom is 0.586 e. The van der Waals surface area contributed by atoms with Gasteiger partial charge in [-0.1, -0.05) is 12.1 Å². The van der Waals surface area contributed by atoms with Crippen molar-refractivity contribution in [2.24, 2.45) is 0 Å². The van der Waals surface area contributed by atoms with Crippen LogP contribution in [0.3, 0.4) is 0 Å². The van der Waals surface area contributed by atoms with Gasteiger partial charge in [0, 0.05) is 6.07 Å². The summed E-state index contributed by atoms with van der Waals surface area (Å²) < 4.78 is 40.5. The van der Waals surface area contributed by atoms with Crippen LogP contribution in [0.15, 0.2) is 41.0 Å². The van der Waals surface area contributed by atoms with E-state index in [0.717, 1.165) is 0 Å².